The monoisotopic (exact) mass is 496 g/mol. The van der Waals surface area contributed by atoms with Gasteiger partial charge in [-0.25, -0.2) is 0 Å². The Hall–Kier alpha value is -4.25. The first kappa shape index (κ1) is 27.3. The van der Waals surface area contributed by atoms with Gasteiger partial charge in [0.1, 0.15) is 0 Å². The first-order valence-corrected chi connectivity index (χ1v) is 12.2. The van der Waals surface area contributed by atoms with E-state index in [1.54, 1.807) is 0 Å². The molecule has 0 saturated carbocycles. The minimum atomic E-state index is 0. The maximum atomic E-state index is 2.12. The lowest BCUT2D eigenvalue weighted by Gasteiger charge is -1.98. The average Bonchev–Trinajstić information content (AvgIpc) is 3.01. The van der Waals surface area contributed by atoms with Gasteiger partial charge in [0.05, 0.1) is 0 Å². The number of hydrogen-bond donors (Lipinski definition) is 0. The quantitative estimate of drug-likeness (QED) is 0.214. The van der Waals surface area contributed by atoms with Crippen LogP contribution in [0.1, 0.15) is 0 Å². The minimum Gasteiger partial charge on any atom is -0.153 e. The van der Waals surface area contributed by atoms with Gasteiger partial charge in [0, 0.05) is 0 Å². The molecule has 0 saturated heterocycles. The zero-order valence-corrected chi connectivity index (χ0v) is 22.4. The Morgan fingerprint density at radius 1 is 0.162 bits per heavy atom. The van der Waals surface area contributed by atoms with Crippen molar-refractivity contribution in [2.45, 2.75) is 0 Å². The third-order valence-corrected chi connectivity index (χ3v) is 5.64. The van der Waals surface area contributed by atoms with Crippen molar-refractivity contribution in [2.24, 2.45) is 0 Å². The van der Waals surface area contributed by atoms with Gasteiger partial charge in [-0.15, -0.1) is 0 Å². The molecule has 0 N–H and O–H groups in total. The average molecular weight is 497 g/mol. The standard InChI is InChI=1S/3C12H10.H3P/c3*1-3-7-11(8-4-1)12-9-5-2-6-10-12;/h3*1-10H;1H3. The van der Waals surface area contributed by atoms with Gasteiger partial charge >= 0.3 is 0 Å². The summed E-state index contributed by atoms with van der Waals surface area (Å²) in [6.07, 6.45) is 0. The molecule has 0 amide bonds. The molecule has 0 heterocycles. The van der Waals surface area contributed by atoms with Crippen molar-refractivity contribution in [1.82, 2.24) is 0 Å². The maximum Gasteiger partial charge on any atom is -0.0184 e. The Morgan fingerprint density at radius 3 is 0.378 bits per heavy atom. The number of hydrogen-bond acceptors (Lipinski definition) is 0. The van der Waals surface area contributed by atoms with Crippen molar-refractivity contribution < 1.29 is 0 Å². The minimum absolute atomic E-state index is 0. The summed E-state index contributed by atoms with van der Waals surface area (Å²) in [4.78, 5) is 0. The molecule has 1 atom stereocenters. The van der Waals surface area contributed by atoms with Gasteiger partial charge in [-0.3, -0.25) is 0 Å². The Balaban J connectivity index is 0.000000152. The van der Waals surface area contributed by atoms with Crippen LogP contribution in [-0.2, 0) is 0 Å². The first-order valence-electron chi connectivity index (χ1n) is 12.2. The van der Waals surface area contributed by atoms with Gasteiger partial charge in [-0.2, -0.15) is 9.90 Å². The van der Waals surface area contributed by atoms with Gasteiger partial charge in [0.2, 0.25) is 0 Å². The van der Waals surface area contributed by atoms with E-state index in [0.717, 1.165) is 0 Å². The van der Waals surface area contributed by atoms with E-state index in [-0.39, 0.29) is 9.90 Å². The molecule has 0 spiro atoms. The van der Waals surface area contributed by atoms with Gasteiger partial charge in [-0.05, 0) is 33.4 Å². The fourth-order valence-corrected chi connectivity index (χ4v) is 3.78. The van der Waals surface area contributed by atoms with E-state index < -0.39 is 0 Å². The summed E-state index contributed by atoms with van der Waals surface area (Å²) in [6, 6.07) is 62.3. The molecule has 0 fully saturated rings. The molecule has 0 bridgehead atoms. The molecule has 0 radical (unpaired) electrons. The van der Waals surface area contributed by atoms with Gasteiger partial charge < -0.3 is 0 Å². The molecule has 182 valence electrons. The zero-order chi connectivity index (χ0) is 24.7. The van der Waals surface area contributed by atoms with E-state index in [0.29, 0.717) is 0 Å². The highest BCUT2D eigenvalue weighted by atomic mass is 31.0. The normalized spacial score (nSPS) is 9.41. The Labute approximate surface area is 224 Å². The highest BCUT2D eigenvalue weighted by Crippen LogP contribution is 2.19. The summed E-state index contributed by atoms with van der Waals surface area (Å²) < 4.78 is 0. The largest absolute Gasteiger partial charge is 0.153 e. The van der Waals surface area contributed by atoms with E-state index in [4.69, 9.17) is 0 Å². The summed E-state index contributed by atoms with van der Waals surface area (Å²) in [6.45, 7) is 0. The fourth-order valence-electron chi connectivity index (χ4n) is 3.78. The van der Waals surface area contributed by atoms with Crippen LogP contribution in [0.25, 0.3) is 33.4 Å². The van der Waals surface area contributed by atoms with Crippen LogP contribution in [0.2, 0.25) is 0 Å². The van der Waals surface area contributed by atoms with Crippen LogP contribution in [0.3, 0.4) is 0 Å². The van der Waals surface area contributed by atoms with Gasteiger partial charge in [0.15, 0.2) is 0 Å². The van der Waals surface area contributed by atoms with E-state index in [9.17, 15) is 0 Å². The van der Waals surface area contributed by atoms with Crippen LogP contribution < -0.4 is 0 Å². The predicted molar refractivity (Wildman–Crippen MR) is 167 cm³/mol. The van der Waals surface area contributed by atoms with Crippen LogP contribution in [0.4, 0.5) is 0 Å². The molecule has 0 aliphatic heterocycles. The van der Waals surface area contributed by atoms with E-state index in [2.05, 4.69) is 146 Å². The van der Waals surface area contributed by atoms with Crippen LogP contribution in [0.5, 0.6) is 0 Å². The fraction of sp³-hybridized carbons (Fsp3) is 0. The van der Waals surface area contributed by atoms with Crippen LogP contribution in [0, 0.1) is 0 Å². The molecular weight excluding hydrogens is 463 g/mol. The Kier molecular flexibility index (Phi) is 11.6. The third kappa shape index (κ3) is 9.04. The Morgan fingerprint density at radius 2 is 0.270 bits per heavy atom. The molecular formula is C36H33P. The SMILES string of the molecule is P.c1ccc(-c2ccccc2)cc1.c1ccc(-c2ccccc2)cc1.c1ccc(-c2ccccc2)cc1. The Bertz CT molecular complexity index is 1080. The molecule has 0 aromatic heterocycles. The predicted octanol–water partition coefficient (Wildman–Crippen LogP) is 10.1. The highest BCUT2D eigenvalue weighted by Gasteiger charge is 1.93. The van der Waals surface area contributed by atoms with E-state index >= 15 is 0 Å². The molecule has 37 heavy (non-hydrogen) atoms. The third-order valence-electron chi connectivity index (χ3n) is 5.64. The first-order chi connectivity index (χ1) is 17.9. The lowest BCUT2D eigenvalue weighted by Crippen LogP contribution is -1.73. The van der Waals surface area contributed by atoms with Crippen molar-refractivity contribution >= 4 is 9.90 Å². The van der Waals surface area contributed by atoms with Crippen molar-refractivity contribution in [1.29, 1.82) is 0 Å². The molecule has 0 aliphatic rings. The van der Waals surface area contributed by atoms with E-state index in [1.165, 1.54) is 33.4 Å². The maximum absolute atomic E-state index is 2.12. The molecule has 1 heteroatoms. The molecule has 6 aromatic carbocycles. The van der Waals surface area contributed by atoms with Crippen LogP contribution >= 0.6 is 9.90 Å². The zero-order valence-electron chi connectivity index (χ0n) is 21.0. The van der Waals surface area contributed by atoms with E-state index in [1.807, 2.05) is 36.4 Å². The summed E-state index contributed by atoms with van der Waals surface area (Å²) in [5.41, 5.74) is 7.66. The second-order valence-corrected chi connectivity index (χ2v) is 8.20. The second-order valence-electron chi connectivity index (χ2n) is 8.20. The topological polar surface area (TPSA) is 0 Å². The number of benzene rings is 6. The lowest BCUT2D eigenvalue weighted by atomic mass is 10.1. The van der Waals surface area contributed by atoms with Crippen molar-refractivity contribution in [3.63, 3.8) is 0 Å². The van der Waals surface area contributed by atoms with Crippen molar-refractivity contribution in [2.75, 3.05) is 0 Å². The van der Waals surface area contributed by atoms with Crippen molar-refractivity contribution in [3.05, 3.63) is 182 Å². The van der Waals surface area contributed by atoms with Gasteiger partial charge in [0.25, 0.3) is 0 Å². The summed E-state index contributed by atoms with van der Waals surface area (Å²) >= 11 is 0. The number of rotatable bonds is 3. The lowest BCUT2D eigenvalue weighted by molar-refractivity contribution is 1.62. The molecule has 0 aliphatic carbocycles. The summed E-state index contributed by atoms with van der Waals surface area (Å²) in [5, 5.41) is 0. The molecule has 6 rings (SSSR count). The summed E-state index contributed by atoms with van der Waals surface area (Å²) in [5.74, 6) is 0. The smallest absolute Gasteiger partial charge is 0.0184 e. The molecule has 6 aromatic rings. The van der Waals surface area contributed by atoms with Crippen LogP contribution in [-0.4, -0.2) is 0 Å². The van der Waals surface area contributed by atoms with Gasteiger partial charge in [-0.1, -0.05) is 182 Å². The highest BCUT2D eigenvalue weighted by molar-refractivity contribution is 6.92. The second kappa shape index (κ2) is 15.7. The molecule has 1 unspecified atom stereocenters. The van der Waals surface area contributed by atoms with Crippen LogP contribution in [0.15, 0.2) is 182 Å². The molecule has 0 nitrogen and oxygen atoms in total. The summed E-state index contributed by atoms with van der Waals surface area (Å²) in [7, 11) is 0. The van der Waals surface area contributed by atoms with Crippen molar-refractivity contribution in [3.8, 4) is 33.4 Å².